The van der Waals surface area contributed by atoms with Gasteiger partial charge in [-0.25, -0.2) is 18.4 Å². The first-order valence-electron chi connectivity index (χ1n) is 11.3. The summed E-state index contributed by atoms with van der Waals surface area (Å²) >= 11 is 3.35. The molecule has 0 fully saturated rings. The molecule has 11 heteroatoms. The second-order valence-electron chi connectivity index (χ2n) is 8.13. The monoisotopic (exact) mass is 595 g/mol. The fourth-order valence-corrected chi connectivity index (χ4v) is 4.62. The van der Waals surface area contributed by atoms with Gasteiger partial charge in [0, 0.05) is 11.8 Å². The third-order valence-electron chi connectivity index (χ3n) is 5.90. The lowest BCUT2D eigenvalue weighted by Gasteiger charge is -2.36. The van der Waals surface area contributed by atoms with E-state index < -0.39 is 29.5 Å². The van der Waals surface area contributed by atoms with Crippen LogP contribution in [0.4, 0.5) is 14.5 Å². The Kier molecular flexibility index (Phi) is 7.97. The predicted octanol–water partition coefficient (Wildman–Crippen LogP) is 5.42. The predicted molar refractivity (Wildman–Crippen MR) is 140 cm³/mol. The van der Waals surface area contributed by atoms with E-state index in [0.29, 0.717) is 16.1 Å². The van der Waals surface area contributed by atoms with E-state index in [1.165, 1.54) is 23.1 Å². The standard InChI is InChI=1S/C28H20BrF2N3O5/c1-37-27(35)24-23(15-6-4-3-5-7-15)18(14-32)26(33)34(25(24)28(36)38-2)17-9-11-21(19(29)13-17)39-22-10-8-16(30)12-20(22)31/h3-13,23H,33H2,1-2H3. The van der Waals surface area contributed by atoms with Crippen LogP contribution < -0.4 is 15.4 Å². The van der Waals surface area contributed by atoms with Gasteiger partial charge in [-0.3, -0.25) is 4.90 Å². The Labute approximate surface area is 230 Å². The van der Waals surface area contributed by atoms with Gasteiger partial charge in [-0.1, -0.05) is 30.3 Å². The van der Waals surface area contributed by atoms with Crippen LogP contribution in [0.2, 0.25) is 0 Å². The normalized spacial score (nSPS) is 15.1. The van der Waals surface area contributed by atoms with Crippen molar-refractivity contribution in [2.75, 3.05) is 19.1 Å². The number of halogens is 3. The first-order valence-corrected chi connectivity index (χ1v) is 12.1. The fraction of sp³-hybridized carbons (Fsp3) is 0.107. The van der Waals surface area contributed by atoms with Crippen LogP contribution in [-0.2, 0) is 19.1 Å². The zero-order chi connectivity index (χ0) is 28.3. The number of nitrogens with zero attached hydrogens (tertiary/aromatic N) is 2. The molecule has 1 unspecified atom stereocenters. The van der Waals surface area contributed by atoms with Gasteiger partial charge in [-0.15, -0.1) is 0 Å². The van der Waals surface area contributed by atoms with E-state index >= 15 is 0 Å². The number of allylic oxidation sites excluding steroid dienone is 1. The molecule has 4 rings (SSSR count). The Hall–Kier alpha value is -4.69. The number of benzene rings is 3. The van der Waals surface area contributed by atoms with Gasteiger partial charge in [0.15, 0.2) is 11.6 Å². The van der Waals surface area contributed by atoms with E-state index in [4.69, 9.17) is 19.9 Å². The number of esters is 2. The molecule has 3 aromatic rings. The molecule has 0 saturated carbocycles. The maximum Gasteiger partial charge on any atom is 0.355 e. The third kappa shape index (κ3) is 5.19. The zero-order valence-electron chi connectivity index (χ0n) is 20.6. The summed E-state index contributed by atoms with van der Waals surface area (Å²) < 4.78 is 43.3. The first-order chi connectivity index (χ1) is 18.7. The molecule has 0 aliphatic carbocycles. The molecule has 0 aromatic heterocycles. The number of nitrogens with two attached hydrogens (primary N) is 1. The zero-order valence-corrected chi connectivity index (χ0v) is 22.2. The number of hydrogen-bond donors (Lipinski definition) is 1. The van der Waals surface area contributed by atoms with Crippen molar-refractivity contribution in [1.82, 2.24) is 0 Å². The second-order valence-corrected chi connectivity index (χ2v) is 8.98. The van der Waals surface area contributed by atoms with Gasteiger partial charge in [0.05, 0.1) is 41.8 Å². The highest BCUT2D eigenvalue weighted by Crippen LogP contribution is 2.44. The van der Waals surface area contributed by atoms with Crippen LogP contribution in [0, 0.1) is 23.0 Å². The van der Waals surface area contributed by atoms with Crippen LogP contribution in [0.3, 0.4) is 0 Å². The molecular weight excluding hydrogens is 576 g/mol. The Bertz CT molecular complexity index is 1570. The number of carbonyl (C=O) groups excluding carboxylic acids is 2. The molecule has 1 aliphatic rings. The van der Waals surface area contributed by atoms with Crippen molar-refractivity contribution in [2.45, 2.75) is 5.92 Å². The number of ether oxygens (including phenoxy) is 3. The van der Waals surface area contributed by atoms with Gasteiger partial charge in [-0.05, 0) is 51.8 Å². The molecule has 1 aliphatic heterocycles. The summed E-state index contributed by atoms with van der Waals surface area (Å²) in [5.74, 6) is -4.62. The van der Waals surface area contributed by atoms with E-state index in [1.54, 1.807) is 30.3 Å². The lowest BCUT2D eigenvalue weighted by atomic mass is 9.81. The first kappa shape index (κ1) is 27.3. The molecule has 3 aromatic carbocycles. The van der Waals surface area contributed by atoms with Crippen molar-refractivity contribution in [3.05, 3.63) is 111 Å². The maximum absolute atomic E-state index is 14.1. The van der Waals surface area contributed by atoms with E-state index in [1.807, 2.05) is 0 Å². The second kappa shape index (κ2) is 11.4. The molecule has 0 amide bonds. The van der Waals surface area contributed by atoms with Gasteiger partial charge in [0.2, 0.25) is 0 Å². The summed E-state index contributed by atoms with van der Waals surface area (Å²) in [6.45, 7) is 0. The highest BCUT2D eigenvalue weighted by molar-refractivity contribution is 9.10. The molecule has 0 bridgehead atoms. The molecule has 8 nitrogen and oxygen atoms in total. The van der Waals surface area contributed by atoms with Crippen molar-refractivity contribution < 1.29 is 32.6 Å². The lowest BCUT2D eigenvalue weighted by Crippen LogP contribution is -2.40. The maximum atomic E-state index is 14.1. The summed E-state index contributed by atoms with van der Waals surface area (Å²) in [5, 5.41) is 10.1. The molecule has 2 N–H and O–H groups in total. The summed E-state index contributed by atoms with van der Waals surface area (Å²) in [4.78, 5) is 27.5. The molecule has 0 radical (unpaired) electrons. The largest absolute Gasteiger partial charge is 0.466 e. The van der Waals surface area contributed by atoms with Crippen molar-refractivity contribution >= 4 is 33.6 Å². The Morgan fingerprint density at radius 3 is 2.23 bits per heavy atom. The van der Waals surface area contributed by atoms with Crippen LogP contribution in [0.25, 0.3) is 0 Å². The molecule has 0 spiro atoms. The summed E-state index contributed by atoms with van der Waals surface area (Å²) in [5.41, 5.74) is 6.86. The third-order valence-corrected chi connectivity index (χ3v) is 6.52. The topological polar surface area (TPSA) is 115 Å². The van der Waals surface area contributed by atoms with Gasteiger partial charge < -0.3 is 19.9 Å². The van der Waals surface area contributed by atoms with E-state index in [9.17, 15) is 23.6 Å². The molecule has 39 heavy (non-hydrogen) atoms. The molecule has 0 saturated heterocycles. The van der Waals surface area contributed by atoms with Crippen molar-refractivity contribution in [3.8, 4) is 17.6 Å². The number of anilines is 1. The minimum Gasteiger partial charge on any atom is -0.466 e. The summed E-state index contributed by atoms with van der Waals surface area (Å²) in [7, 11) is 2.30. The van der Waals surface area contributed by atoms with Crippen LogP contribution in [0.15, 0.2) is 93.9 Å². The molecular formula is C28H20BrF2N3O5. The fourth-order valence-electron chi connectivity index (χ4n) is 4.17. The van der Waals surface area contributed by atoms with Gasteiger partial charge in [-0.2, -0.15) is 5.26 Å². The average molecular weight is 596 g/mol. The number of methoxy groups -OCH3 is 2. The highest BCUT2D eigenvalue weighted by atomic mass is 79.9. The van der Waals surface area contributed by atoms with E-state index in [-0.39, 0.29) is 39.9 Å². The van der Waals surface area contributed by atoms with Gasteiger partial charge >= 0.3 is 11.9 Å². The molecule has 198 valence electrons. The smallest absolute Gasteiger partial charge is 0.355 e. The Balaban J connectivity index is 1.90. The summed E-state index contributed by atoms with van der Waals surface area (Å²) in [6, 6.07) is 17.9. The quantitative estimate of drug-likeness (QED) is 0.376. The minimum absolute atomic E-state index is 0.000847. The van der Waals surface area contributed by atoms with Gasteiger partial charge in [0.1, 0.15) is 23.1 Å². The van der Waals surface area contributed by atoms with Gasteiger partial charge in [0.25, 0.3) is 0 Å². The number of rotatable bonds is 6. The van der Waals surface area contributed by atoms with Crippen LogP contribution in [0.1, 0.15) is 11.5 Å². The molecule has 1 heterocycles. The van der Waals surface area contributed by atoms with Crippen LogP contribution >= 0.6 is 15.9 Å². The van der Waals surface area contributed by atoms with Crippen molar-refractivity contribution in [1.29, 1.82) is 5.26 Å². The highest BCUT2D eigenvalue weighted by Gasteiger charge is 2.43. The van der Waals surface area contributed by atoms with E-state index in [0.717, 1.165) is 26.4 Å². The Morgan fingerprint density at radius 2 is 1.64 bits per heavy atom. The number of nitriles is 1. The van der Waals surface area contributed by atoms with E-state index in [2.05, 4.69) is 22.0 Å². The Morgan fingerprint density at radius 1 is 0.974 bits per heavy atom. The lowest BCUT2D eigenvalue weighted by molar-refractivity contribution is -0.139. The number of hydrogen-bond acceptors (Lipinski definition) is 8. The van der Waals surface area contributed by atoms with Crippen LogP contribution in [0.5, 0.6) is 11.5 Å². The average Bonchev–Trinajstić information content (AvgIpc) is 2.94. The SMILES string of the molecule is COC(=O)C1=C(C(=O)OC)N(c2ccc(Oc3ccc(F)cc3F)c(Br)c2)C(N)=C(C#N)C1c1ccccc1. The van der Waals surface area contributed by atoms with Crippen LogP contribution in [-0.4, -0.2) is 26.2 Å². The summed E-state index contributed by atoms with van der Waals surface area (Å²) in [6.07, 6.45) is 0. The molecule has 1 atom stereocenters. The van der Waals surface area contributed by atoms with Crippen molar-refractivity contribution in [2.24, 2.45) is 5.73 Å². The number of carbonyl (C=O) groups is 2. The minimum atomic E-state index is -1.01. The van der Waals surface area contributed by atoms with Crippen molar-refractivity contribution in [3.63, 3.8) is 0 Å².